The lowest BCUT2D eigenvalue weighted by atomic mass is 10.0. The summed E-state index contributed by atoms with van der Waals surface area (Å²) >= 11 is 0. The van der Waals surface area contributed by atoms with Gasteiger partial charge in [-0.25, -0.2) is 8.42 Å². The van der Waals surface area contributed by atoms with Gasteiger partial charge in [-0.15, -0.1) is 0 Å². The number of carbonyl (C=O) groups excluding carboxylic acids is 1. The lowest BCUT2D eigenvalue weighted by molar-refractivity contribution is -0.121. The molecule has 6 nitrogen and oxygen atoms in total. The molecule has 1 aromatic carbocycles. The molecule has 0 spiro atoms. The summed E-state index contributed by atoms with van der Waals surface area (Å²) in [4.78, 5) is 14.6. The second-order valence-electron chi connectivity index (χ2n) is 8.27. The first-order valence-corrected chi connectivity index (χ1v) is 10.8. The molecule has 0 saturated carbocycles. The number of benzene rings is 1. The highest BCUT2D eigenvalue weighted by atomic mass is 32.2. The minimum atomic E-state index is -3.34. The van der Waals surface area contributed by atoms with Crippen LogP contribution in [0.3, 0.4) is 0 Å². The highest BCUT2D eigenvalue weighted by Crippen LogP contribution is 2.28. The van der Waals surface area contributed by atoms with E-state index >= 15 is 0 Å². The predicted octanol–water partition coefficient (Wildman–Crippen LogP) is 1.88. The van der Waals surface area contributed by atoms with Crippen molar-refractivity contribution in [3.05, 3.63) is 24.3 Å². The Morgan fingerprint density at radius 3 is 2.15 bits per heavy atom. The summed E-state index contributed by atoms with van der Waals surface area (Å²) in [6.07, 6.45) is 1.32. The summed E-state index contributed by atoms with van der Waals surface area (Å²) in [6.45, 7) is 9.49. The molecule has 2 heterocycles. The molecule has 0 unspecified atom stereocenters. The fourth-order valence-electron chi connectivity index (χ4n) is 3.48. The number of amides is 1. The van der Waals surface area contributed by atoms with Crippen molar-refractivity contribution in [2.75, 3.05) is 31.5 Å². The first-order chi connectivity index (χ1) is 12.2. The van der Waals surface area contributed by atoms with E-state index in [0.717, 1.165) is 13.1 Å². The molecule has 2 aliphatic heterocycles. The quantitative estimate of drug-likeness (QED) is 0.835. The Hall–Kier alpha value is -1.44. The standard InChI is InChI=1S/C19H29N3O3S/c1-19(2,3)22-10-8-17(9-11-22)26(24,25)16-6-4-15(5-7-16)21-18(23)14-12-20-13-14/h4-7,14,17,20H,8-13H2,1-3H3,(H,21,23). The van der Waals surface area contributed by atoms with E-state index in [0.29, 0.717) is 36.5 Å². The Balaban J connectivity index is 1.63. The maximum Gasteiger partial charge on any atom is 0.230 e. The van der Waals surface area contributed by atoms with Gasteiger partial charge in [-0.1, -0.05) is 0 Å². The number of rotatable bonds is 4. The predicted molar refractivity (Wildman–Crippen MR) is 103 cm³/mol. The molecule has 1 aromatic rings. The highest BCUT2D eigenvalue weighted by molar-refractivity contribution is 7.92. The summed E-state index contributed by atoms with van der Waals surface area (Å²) < 4.78 is 25.9. The molecule has 2 aliphatic rings. The van der Waals surface area contributed by atoms with Crippen molar-refractivity contribution in [2.24, 2.45) is 5.92 Å². The van der Waals surface area contributed by atoms with Crippen LogP contribution in [0.25, 0.3) is 0 Å². The minimum absolute atomic E-state index is 0.00594. The molecule has 2 fully saturated rings. The zero-order valence-electron chi connectivity index (χ0n) is 15.8. The Morgan fingerprint density at radius 1 is 1.12 bits per heavy atom. The summed E-state index contributed by atoms with van der Waals surface area (Å²) in [7, 11) is -3.34. The minimum Gasteiger partial charge on any atom is -0.326 e. The lowest BCUT2D eigenvalue weighted by Crippen LogP contribution is -2.48. The van der Waals surface area contributed by atoms with Gasteiger partial charge in [0.2, 0.25) is 5.91 Å². The molecule has 0 atom stereocenters. The fourth-order valence-corrected chi connectivity index (χ4v) is 5.21. The Labute approximate surface area is 156 Å². The molecule has 1 amide bonds. The van der Waals surface area contributed by atoms with Crippen molar-refractivity contribution < 1.29 is 13.2 Å². The second-order valence-corrected chi connectivity index (χ2v) is 10.5. The number of sulfone groups is 1. The van der Waals surface area contributed by atoms with Crippen molar-refractivity contribution in [2.45, 2.75) is 49.3 Å². The maximum absolute atomic E-state index is 12.9. The number of nitrogens with zero attached hydrogens (tertiary/aromatic N) is 1. The van der Waals surface area contributed by atoms with Crippen LogP contribution in [0.15, 0.2) is 29.2 Å². The number of piperidine rings is 1. The molecule has 2 saturated heterocycles. The highest BCUT2D eigenvalue weighted by Gasteiger charge is 2.34. The van der Waals surface area contributed by atoms with E-state index in [9.17, 15) is 13.2 Å². The molecule has 0 aromatic heterocycles. The van der Waals surface area contributed by atoms with Gasteiger partial charge in [0.05, 0.1) is 16.1 Å². The maximum atomic E-state index is 12.9. The normalized spacial score (nSPS) is 20.6. The first kappa shape index (κ1) is 19.3. The van der Waals surface area contributed by atoms with Gasteiger partial charge in [0.25, 0.3) is 0 Å². The largest absolute Gasteiger partial charge is 0.326 e. The number of carbonyl (C=O) groups is 1. The van der Waals surface area contributed by atoms with Gasteiger partial charge in [0.15, 0.2) is 9.84 Å². The van der Waals surface area contributed by atoms with E-state index in [-0.39, 0.29) is 22.6 Å². The molecule has 144 valence electrons. The molecule has 26 heavy (non-hydrogen) atoms. The Kier molecular flexibility index (Phi) is 5.42. The molecular weight excluding hydrogens is 350 g/mol. The summed E-state index contributed by atoms with van der Waals surface area (Å²) in [5, 5.41) is 5.58. The molecule has 3 rings (SSSR count). The smallest absolute Gasteiger partial charge is 0.230 e. The first-order valence-electron chi connectivity index (χ1n) is 9.28. The van der Waals surface area contributed by atoms with Gasteiger partial charge in [-0.3, -0.25) is 9.69 Å². The third-order valence-electron chi connectivity index (χ3n) is 5.43. The lowest BCUT2D eigenvalue weighted by Gasteiger charge is -2.40. The average molecular weight is 380 g/mol. The molecule has 7 heteroatoms. The zero-order valence-corrected chi connectivity index (χ0v) is 16.6. The van der Waals surface area contributed by atoms with Crippen LogP contribution in [0.5, 0.6) is 0 Å². The second kappa shape index (κ2) is 7.29. The van der Waals surface area contributed by atoms with Crippen LogP contribution in [0, 0.1) is 5.92 Å². The van der Waals surface area contributed by atoms with Crippen molar-refractivity contribution in [3.63, 3.8) is 0 Å². The van der Waals surface area contributed by atoms with E-state index in [1.807, 2.05) is 0 Å². The van der Waals surface area contributed by atoms with Crippen LogP contribution < -0.4 is 10.6 Å². The van der Waals surface area contributed by atoms with E-state index < -0.39 is 9.84 Å². The summed E-state index contributed by atoms with van der Waals surface area (Å²) in [5.41, 5.74) is 0.716. The molecule has 2 N–H and O–H groups in total. The van der Waals surface area contributed by atoms with Gasteiger partial charge in [0.1, 0.15) is 0 Å². The van der Waals surface area contributed by atoms with Crippen molar-refractivity contribution >= 4 is 21.4 Å². The van der Waals surface area contributed by atoms with E-state index in [2.05, 4.69) is 36.3 Å². The van der Waals surface area contributed by atoms with Crippen molar-refractivity contribution in [3.8, 4) is 0 Å². The molecule has 0 radical (unpaired) electrons. The van der Waals surface area contributed by atoms with Crippen LogP contribution in [-0.2, 0) is 14.6 Å². The SMILES string of the molecule is CC(C)(C)N1CCC(S(=O)(=O)c2ccc(NC(=O)C3CNC3)cc2)CC1. The monoisotopic (exact) mass is 379 g/mol. The molecule has 0 aliphatic carbocycles. The van der Waals surface area contributed by atoms with Crippen LogP contribution in [0.1, 0.15) is 33.6 Å². The van der Waals surface area contributed by atoms with Crippen molar-refractivity contribution in [1.82, 2.24) is 10.2 Å². The number of hydrogen-bond donors (Lipinski definition) is 2. The average Bonchev–Trinajstić information content (AvgIpc) is 2.53. The Morgan fingerprint density at radius 2 is 1.69 bits per heavy atom. The van der Waals surface area contributed by atoms with Gasteiger partial charge >= 0.3 is 0 Å². The summed E-state index contributed by atoms with van der Waals surface area (Å²) in [5.74, 6) is -0.0136. The van der Waals surface area contributed by atoms with Gasteiger partial charge in [0, 0.05) is 24.3 Å². The topological polar surface area (TPSA) is 78.5 Å². The third kappa shape index (κ3) is 4.10. The van der Waals surface area contributed by atoms with Crippen molar-refractivity contribution in [1.29, 1.82) is 0 Å². The number of likely N-dealkylation sites (tertiary alicyclic amines) is 1. The number of hydrogen-bond acceptors (Lipinski definition) is 5. The zero-order chi connectivity index (χ0) is 18.9. The van der Waals surface area contributed by atoms with Gasteiger partial charge < -0.3 is 10.6 Å². The van der Waals surface area contributed by atoms with Crippen LogP contribution >= 0.6 is 0 Å². The van der Waals surface area contributed by atoms with E-state index in [1.165, 1.54) is 0 Å². The van der Waals surface area contributed by atoms with Crippen LogP contribution in [-0.4, -0.2) is 56.2 Å². The van der Waals surface area contributed by atoms with Gasteiger partial charge in [-0.05, 0) is 71.0 Å². The molecular formula is C19H29N3O3S. The number of nitrogens with one attached hydrogen (secondary N) is 2. The van der Waals surface area contributed by atoms with E-state index in [1.54, 1.807) is 24.3 Å². The number of anilines is 1. The summed E-state index contributed by atoms with van der Waals surface area (Å²) in [6, 6.07) is 6.59. The van der Waals surface area contributed by atoms with Crippen LogP contribution in [0.4, 0.5) is 5.69 Å². The fraction of sp³-hybridized carbons (Fsp3) is 0.632. The Bertz CT molecular complexity index is 741. The molecule has 0 bridgehead atoms. The third-order valence-corrected chi connectivity index (χ3v) is 7.71. The van der Waals surface area contributed by atoms with Gasteiger partial charge in [-0.2, -0.15) is 0 Å². The van der Waals surface area contributed by atoms with E-state index in [4.69, 9.17) is 0 Å². The van der Waals surface area contributed by atoms with Crippen LogP contribution in [0.2, 0.25) is 0 Å².